The van der Waals surface area contributed by atoms with E-state index in [4.69, 9.17) is 25.8 Å². The van der Waals surface area contributed by atoms with Gasteiger partial charge in [-0.25, -0.2) is 10.2 Å². The molecule has 0 spiro atoms. The highest BCUT2D eigenvalue weighted by molar-refractivity contribution is 6.33. The molecular formula is C25H23ClN2O5. The van der Waals surface area contributed by atoms with Crippen LogP contribution in [0.25, 0.3) is 0 Å². The van der Waals surface area contributed by atoms with E-state index in [1.54, 1.807) is 48.5 Å². The topological polar surface area (TPSA) is 86.2 Å². The molecule has 3 rings (SSSR count). The van der Waals surface area contributed by atoms with E-state index in [2.05, 4.69) is 10.5 Å². The van der Waals surface area contributed by atoms with Gasteiger partial charge in [0.15, 0.2) is 18.1 Å². The number of amides is 1. The Balaban J connectivity index is 1.61. The van der Waals surface area contributed by atoms with Crippen molar-refractivity contribution in [2.45, 2.75) is 13.8 Å². The molecule has 1 amide bonds. The molecule has 0 atom stereocenters. The fraction of sp³-hybridized carbons (Fsp3) is 0.160. The summed E-state index contributed by atoms with van der Waals surface area (Å²) < 4.78 is 16.5. The Kier molecular flexibility index (Phi) is 8.43. The van der Waals surface area contributed by atoms with Gasteiger partial charge in [-0.2, -0.15) is 5.10 Å². The first kappa shape index (κ1) is 23.8. The molecule has 0 fully saturated rings. The van der Waals surface area contributed by atoms with Gasteiger partial charge in [0.2, 0.25) is 0 Å². The minimum atomic E-state index is -0.594. The number of nitrogens with zero attached hydrogens (tertiary/aromatic N) is 1. The maximum absolute atomic E-state index is 12.5. The van der Waals surface area contributed by atoms with Crippen molar-refractivity contribution < 1.29 is 23.8 Å². The van der Waals surface area contributed by atoms with E-state index in [1.807, 2.05) is 32.0 Å². The quantitative estimate of drug-likeness (QED) is 0.212. The van der Waals surface area contributed by atoms with Crippen molar-refractivity contribution in [3.8, 4) is 17.2 Å². The zero-order chi connectivity index (χ0) is 23.6. The Morgan fingerprint density at radius 3 is 2.48 bits per heavy atom. The zero-order valence-electron chi connectivity index (χ0n) is 18.2. The van der Waals surface area contributed by atoms with Crippen molar-refractivity contribution in [3.63, 3.8) is 0 Å². The highest BCUT2D eigenvalue weighted by atomic mass is 35.5. The number of esters is 1. The number of hydrogen-bond donors (Lipinski definition) is 1. The monoisotopic (exact) mass is 466 g/mol. The number of rotatable bonds is 9. The third-order valence-electron chi connectivity index (χ3n) is 4.42. The van der Waals surface area contributed by atoms with Crippen LogP contribution < -0.4 is 19.6 Å². The number of carbonyl (C=O) groups is 2. The summed E-state index contributed by atoms with van der Waals surface area (Å²) in [4.78, 5) is 24.4. The minimum Gasteiger partial charge on any atom is -0.490 e. The predicted octanol–water partition coefficient (Wildman–Crippen LogP) is 4.80. The summed E-state index contributed by atoms with van der Waals surface area (Å²) in [6.45, 7) is 3.92. The van der Waals surface area contributed by atoms with E-state index in [0.29, 0.717) is 28.7 Å². The van der Waals surface area contributed by atoms with Crippen LogP contribution in [-0.2, 0) is 4.79 Å². The van der Waals surface area contributed by atoms with Crippen molar-refractivity contribution in [1.29, 1.82) is 0 Å². The second kappa shape index (κ2) is 11.7. The molecule has 0 aliphatic carbocycles. The lowest BCUT2D eigenvalue weighted by molar-refractivity contribution is -0.123. The fourth-order valence-corrected chi connectivity index (χ4v) is 3.02. The number of hydrazone groups is 1. The third-order valence-corrected chi connectivity index (χ3v) is 4.75. The van der Waals surface area contributed by atoms with Crippen LogP contribution in [0.5, 0.6) is 17.2 Å². The number of nitrogens with one attached hydrogen (secondary N) is 1. The molecule has 0 aromatic heterocycles. The summed E-state index contributed by atoms with van der Waals surface area (Å²) in [5.41, 5.74) is 4.24. The first-order chi connectivity index (χ1) is 16.0. The van der Waals surface area contributed by atoms with Crippen molar-refractivity contribution in [1.82, 2.24) is 5.43 Å². The molecule has 0 aliphatic rings. The zero-order valence-corrected chi connectivity index (χ0v) is 19.0. The lowest BCUT2D eigenvalue weighted by Gasteiger charge is -2.12. The van der Waals surface area contributed by atoms with Gasteiger partial charge in [-0.3, -0.25) is 4.79 Å². The number of ether oxygens (including phenoxy) is 3. The van der Waals surface area contributed by atoms with Gasteiger partial charge in [0.25, 0.3) is 5.91 Å². The average Bonchev–Trinajstić information content (AvgIpc) is 2.80. The first-order valence-corrected chi connectivity index (χ1v) is 10.6. The minimum absolute atomic E-state index is 0.163. The Hall–Kier alpha value is -3.84. The van der Waals surface area contributed by atoms with Crippen LogP contribution in [0.2, 0.25) is 5.02 Å². The van der Waals surface area contributed by atoms with Gasteiger partial charge in [0.05, 0.1) is 23.4 Å². The summed E-state index contributed by atoms with van der Waals surface area (Å²) in [6, 6.07) is 19.0. The molecule has 3 aromatic rings. The van der Waals surface area contributed by atoms with Gasteiger partial charge in [-0.15, -0.1) is 0 Å². The van der Waals surface area contributed by atoms with Gasteiger partial charge in [0, 0.05) is 0 Å². The standard InChI is InChI=1S/C25H23ClN2O5/c1-3-31-23-14-18(12-13-22(23)33-25(30)19-9-5-6-10-20(19)26)15-27-28-24(29)16-32-21-11-7-4-8-17(21)2/h4-15H,3,16H2,1-2H3,(H,28,29). The first-order valence-electron chi connectivity index (χ1n) is 10.2. The number of carbonyl (C=O) groups excluding carboxylic acids is 2. The predicted molar refractivity (Wildman–Crippen MR) is 126 cm³/mol. The maximum Gasteiger partial charge on any atom is 0.345 e. The number of halogens is 1. The molecule has 0 radical (unpaired) electrons. The van der Waals surface area contributed by atoms with Crippen molar-refractivity contribution in [2.75, 3.05) is 13.2 Å². The lowest BCUT2D eigenvalue weighted by atomic mass is 10.2. The molecule has 0 heterocycles. The van der Waals surface area contributed by atoms with Crippen LogP contribution in [-0.4, -0.2) is 31.3 Å². The molecule has 0 unspecified atom stereocenters. The van der Waals surface area contributed by atoms with E-state index in [1.165, 1.54) is 6.21 Å². The Labute approximate surface area is 196 Å². The molecule has 0 saturated heterocycles. The molecule has 170 valence electrons. The summed E-state index contributed by atoms with van der Waals surface area (Å²) in [6.07, 6.45) is 1.45. The molecule has 0 aliphatic heterocycles. The summed E-state index contributed by atoms with van der Waals surface area (Å²) in [7, 11) is 0. The van der Waals surface area contributed by atoms with Crippen molar-refractivity contribution in [2.24, 2.45) is 5.10 Å². The molecule has 7 nitrogen and oxygen atoms in total. The maximum atomic E-state index is 12.5. The lowest BCUT2D eigenvalue weighted by Crippen LogP contribution is -2.24. The normalized spacial score (nSPS) is 10.6. The van der Waals surface area contributed by atoms with E-state index in [-0.39, 0.29) is 17.9 Å². The Morgan fingerprint density at radius 2 is 1.73 bits per heavy atom. The van der Waals surface area contributed by atoms with Crippen LogP contribution in [0.1, 0.15) is 28.4 Å². The van der Waals surface area contributed by atoms with Crippen LogP contribution in [0.4, 0.5) is 0 Å². The van der Waals surface area contributed by atoms with E-state index in [9.17, 15) is 9.59 Å². The third kappa shape index (κ3) is 6.82. The molecule has 3 aromatic carbocycles. The molecule has 0 saturated carbocycles. The van der Waals surface area contributed by atoms with Crippen LogP contribution in [0.15, 0.2) is 71.8 Å². The molecule has 1 N–H and O–H groups in total. The Morgan fingerprint density at radius 1 is 0.970 bits per heavy atom. The van der Waals surface area contributed by atoms with E-state index < -0.39 is 11.9 Å². The second-order valence-electron chi connectivity index (χ2n) is 6.86. The summed E-state index contributed by atoms with van der Waals surface area (Å²) in [5.74, 6) is 0.249. The van der Waals surface area contributed by atoms with E-state index >= 15 is 0 Å². The fourth-order valence-electron chi connectivity index (χ4n) is 2.81. The molecular weight excluding hydrogens is 444 g/mol. The summed E-state index contributed by atoms with van der Waals surface area (Å²) in [5, 5.41) is 4.24. The highest BCUT2D eigenvalue weighted by Crippen LogP contribution is 2.29. The van der Waals surface area contributed by atoms with Gasteiger partial charge in [0.1, 0.15) is 5.75 Å². The summed E-state index contributed by atoms with van der Waals surface area (Å²) >= 11 is 6.07. The van der Waals surface area contributed by atoms with Crippen molar-refractivity contribution in [3.05, 3.63) is 88.4 Å². The Bertz CT molecular complexity index is 1160. The van der Waals surface area contributed by atoms with Gasteiger partial charge in [-0.1, -0.05) is 41.9 Å². The average molecular weight is 467 g/mol. The smallest absolute Gasteiger partial charge is 0.345 e. The molecule has 0 bridgehead atoms. The number of hydrogen-bond acceptors (Lipinski definition) is 6. The number of benzene rings is 3. The molecule has 33 heavy (non-hydrogen) atoms. The van der Waals surface area contributed by atoms with Crippen LogP contribution in [0, 0.1) is 6.92 Å². The van der Waals surface area contributed by atoms with Gasteiger partial charge < -0.3 is 14.2 Å². The van der Waals surface area contributed by atoms with Gasteiger partial charge >= 0.3 is 5.97 Å². The second-order valence-corrected chi connectivity index (χ2v) is 7.26. The highest BCUT2D eigenvalue weighted by Gasteiger charge is 2.15. The largest absolute Gasteiger partial charge is 0.490 e. The van der Waals surface area contributed by atoms with Crippen molar-refractivity contribution >= 4 is 29.7 Å². The molecule has 8 heteroatoms. The SMILES string of the molecule is CCOc1cc(C=NNC(=O)COc2ccccc2C)ccc1OC(=O)c1ccccc1Cl. The van der Waals surface area contributed by atoms with Crippen LogP contribution >= 0.6 is 11.6 Å². The van der Waals surface area contributed by atoms with Crippen LogP contribution in [0.3, 0.4) is 0 Å². The number of para-hydroxylation sites is 1. The van der Waals surface area contributed by atoms with E-state index in [0.717, 1.165) is 5.56 Å². The van der Waals surface area contributed by atoms with Gasteiger partial charge in [-0.05, 0) is 61.4 Å². The number of aryl methyl sites for hydroxylation is 1.